The molecule has 0 bridgehead atoms. The van der Waals surface area contributed by atoms with Crippen LogP contribution < -0.4 is 0 Å². The summed E-state index contributed by atoms with van der Waals surface area (Å²) >= 11 is 0. The topological polar surface area (TPSA) is 20.2 Å². The van der Waals surface area contributed by atoms with Crippen molar-refractivity contribution in [2.75, 3.05) is 0 Å². The fraction of sp³-hybridized carbons (Fsp3) is 1.00. The highest BCUT2D eigenvalue weighted by Gasteiger charge is 2.28. The molecule has 1 nitrogen and oxygen atoms in total. The quantitative estimate of drug-likeness (QED) is 0.461. The molecule has 0 aromatic carbocycles. The lowest BCUT2D eigenvalue weighted by atomic mass is 9.65. The summed E-state index contributed by atoms with van der Waals surface area (Å²) in [5.41, 5.74) is -1.29. The van der Waals surface area contributed by atoms with Crippen LogP contribution in [0.15, 0.2) is 0 Å². The van der Waals surface area contributed by atoms with E-state index in [-0.39, 0.29) is 5.41 Å². The van der Waals surface area contributed by atoms with Crippen molar-refractivity contribution in [3.63, 3.8) is 0 Å². The largest absolute Gasteiger partial charge is 0.400 e. The van der Waals surface area contributed by atoms with Gasteiger partial charge in [0.2, 0.25) is 0 Å². The summed E-state index contributed by atoms with van der Waals surface area (Å²) in [6.45, 7) is 7.29. The fourth-order valence-electron chi connectivity index (χ4n) is 0. The van der Waals surface area contributed by atoms with Crippen molar-refractivity contribution in [1.82, 2.24) is 0 Å². The maximum atomic E-state index is 9.13. The third-order valence-corrected chi connectivity index (χ3v) is 1.52. The molecule has 0 aliphatic carbocycles. The monoisotopic (exact) mass is 112 g/mol. The minimum Gasteiger partial charge on any atom is -0.400 e. The summed E-state index contributed by atoms with van der Waals surface area (Å²) in [5, 5.41) is 9.13. The van der Waals surface area contributed by atoms with E-state index in [2.05, 4.69) is 0 Å². The zero-order chi connectivity index (χ0) is 7.00. The van der Waals surface area contributed by atoms with Gasteiger partial charge in [0.1, 0.15) is 7.85 Å². The second kappa shape index (κ2) is 1.76. The Morgan fingerprint density at radius 2 is 1.25 bits per heavy atom. The maximum absolute atomic E-state index is 9.13. The van der Waals surface area contributed by atoms with E-state index in [0.717, 1.165) is 0 Å². The van der Waals surface area contributed by atoms with Gasteiger partial charge in [-0.05, 0) is 12.3 Å². The van der Waals surface area contributed by atoms with Gasteiger partial charge in [0.05, 0.1) is 0 Å². The predicted octanol–water partition coefficient (Wildman–Crippen LogP) is 0.909. The van der Waals surface area contributed by atoms with Crippen LogP contribution in [0, 0.1) is 5.41 Å². The molecule has 1 atom stereocenters. The third-order valence-electron chi connectivity index (χ3n) is 1.52. The molecule has 2 radical (unpaired) electrons. The summed E-state index contributed by atoms with van der Waals surface area (Å²) in [5.74, 6) is 0. The lowest BCUT2D eigenvalue weighted by Crippen LogP contribution is -2.39. The van der Waals surface area contributed by atoms with E-state index in [1.807, 2.05) is 20.8 Å². The van der Waals surface area contributed by atoms with Crippen LogP contribution in [-0.2, 0) is 0 Å². The van der Waals surface area contributed by atoms with Gasteiger partial charge >= 0.3 is 0 Å². The van der Waals surface area contributed by atoms with E-state index in [4.69, 9.17) is 13.0 Å². The Kier molecular flexibility index (Phi) is 1.77. The molecular weight excluding hydrogens is 98.9 g/mol. The number of rotatable bonds is 0. The third kappa shape index (κ3) is 1.87. The molecule has 0 aliphatic rings. The van der Waals surface area contributed by atoms with Crippen LogP contribution in [-0.4, -0.2) is 18.5 Å². The van der Waals surface area contributed by atoms with E-state index in [1.54, 1.807) is 6.92 Å². The summed E-state index contributed by atoms with van der Waals surface area (Å²) in [6.07, 6.45) is 0. The van der Waals surface area contributed by atoms with Crippen LogP contribution in [0.3, 0.4) is 0 Å². The Balaban J connectivity index is 4.02. The van der Waals surface area contributed by atoms with E-state index in [0.29, 0.717) is 0 Å². The fourth-order valence-corrected chi connectivity index (χ4v) is 0. The standard InChI is InChI=1S/C6H13BO/c1-5(2,3)6(4,7)8/h8H,1-4H3. The summed E-state index contributed by atoms with van der Waals surface area (Å²) in [7, 11) is 5.37. The molecule has 0 rings (SSSR count). The van der Waals surface area contributed by atoms with E-state index in [1.165, 1.54) is 0 Å². The van der Waals surface area contributed by atoms with Crippen LogP contribution in [0.5, 0.6) is 0 Å². The van der Waals surface area contributed by atoms with Crippen molar-refractivity contribution in [3.8, 4) is 0 Å². The van der Waals surface area contributed by atoms with Gasteiger partial charge in [0, 0.05) is 5.50 Å². The molecule has 2 heteroatoms. The minimum absolute atomic E-state index is 0.229. The highest BCUT2D eigenvalue weighted by Crippen LogP contribution is 2.25. The van der Waals surface area contributed by atoms with Crippen LogP contribution >= 0.6 is 0 Å². The second-order valence-corrected chi connectivity index (χ2v) is 3.40. The first-order valence-corrected chi connectivity index (χ1v) is 2.76. The zero-order valence-corrected chi connectivity index (χ0v) is 6.02. The Hall–Kier alpha value is 0.0249. The molecular formula is C6H13BO. The first kappa shape index (κ1) is 8.02. The van der Waals surface area contributed by atoms with Crippen molar-refractivity contribution >= 4 is 7.85 Å². The Labute approximate surface area is 52.5 Å². The predicted molar refractivity (Wildman–Crippen MR) is 35.8 cm³/mol. The number of aliphatic hydroxyl groups is 1. The van der Waals surface area contributed by atoms with Crippen molar-refractivity contribution in [2.24, 2.45) is 5.41 Å². The molecule has 46 valence electrons. The Bertz CT molecular complexity index is 63.5. The van der Waals surface area contributed by atoms with Gasteiger partial charge in [-0.2, -0.15) is 0 Å². The highest BCUT2D eigenvalue weighted by atomic mass is 16.3. The van der Waals surface area contributed by atoms with Gasteiger partial charge in [-0.25, -0.2) is 0 Å². The SMILES string of the molecule is [B]C(C)(O)C(C)(C)C. The minimum atomic E-state index is -1.06. The lowest BCUT2D eigenvalue weighted by molar-refractivity contribution is 0.0366. The van der Waals surface area contributed by atoms with Gasteiger partial charge in [-0.15, -0.1) is 0 Å². The van der Waals surface area contributed by atoms with Gasteiger partial charge in [-0.1, -0.05) is 20.8 Å². The van der Waals surface area contributed by atoms with E-state index in [9.17, 15) is 0 Å². The van der Waals surface area contributed by atoms with Crippen molar-refractivity contribution in [2.45, 2.75) is 33.2 Å². The molecule has 1 unspecified atom stereocenters. The van der Waals surface area contributed by atoms with Gasteiger partial charge < -0.3 is 5.11 Å². The molecule has 0 fully saturated rings. The van der Waals surface area contributed by atoms with Crippen molar-refractivity contribution in [1.29, 1.82) is 0 Å². The van der Waals surface area contributed by atoms with Crippen LogP contribution in [0.25, 0.3) is 0 Å². The molecule has 0 saturated carbocycles. The van der Waals surface area contributed by atoms with E-state index < -0.39 is 5.50 Å². The smallest absolute Gasteiger partial charge is 0.113 e. The van der Waals surface area contributed by atoms with Gasteiger partial charge in [0.25, 0.3) is 0 Å². The maximum Gasteiger partial charge on any atom is 0.113 e. The summed E-state index contributed by atoms with van der Waals surface area (Å²) < 4.78 is 0. The van der Waals surface area contributed by atoms with Crippen LogP contribution in [0.4, 0.5) is 0 Å². The molecule has 1 N–H and O–H groups in total. The average molecular weight is 112 g/mol. The Morgan fingerprint density at radius 1 is 1.12 bits per heavy atom. The normalized spacial score (nSPS) is 20.1. The molecule has 0 spiro atoms. The summed E-state index contributed by atoms with van der Waals surface area (Å²) in [6, 6.07) is 0. The summed E-state index contributed by atoms with van der Waals surface area (Å²) in [4.78, 5) is 0. The molecule has 0 aliphatic heterocycles. The molecule has 8 heavy (non-hydrogen) atoms. The van der Waals surface area contributed by atoms with Crippen LogP contribution in [0.1, 0.15) is 27.7 Å². The molecule has 0 heterocycles. The number of hydrogen-bond acceptors (Lipinski definition) is 1. The Morgan fingerprint density at radius 3 is 1.25 bits per heavy atom. The first-order chi connectivity index (χ1) is 3.25. The lowest BCUT2D eigenvalue weighted by Gasteiger charge is -2.33. The second-order valence-electron chi connectivity index (χ2n) is 3.40. The molecule has 0 aromatic heterocycles. The average Bonchev–Trinajstić information content (AvgIpc) is 1.25. The first-order valence-electron chi connectivity index (χ1n) is 2.76. The zero-order valence-electron chi connectivity index (χ0n) is 6.02. The van der Waals surface area contributed by atoms with Gasteiger partial charge in [-0.3, -0.25) is 0 Å². The highest BCUT2D eigenvalue weighted by molar-refractivity contribution is 6.14. The molecule has 0 saturated heterocycles. The number of hydrogen-bond donors (Lipinski definition) is 1. The van der Waals surface area contributed by atoms with Crippen molar-refractivity contribution < 1.29 is 5.11 Å². The van der Waals surface area contributed by atoms with Gasteiger partial charge in [0.15, 0.2) is 0 Å². The van der Waals surface area contributed by atoms with Crippen LogP contribution in [0.2, 0.25) is 0 Å². The van der Waals surface area contributed by atoms with Crippen molar-refractivity contribution in [3.05, 3.63) is 0 Å². The molecule has 0 aromatic rings. The van der Waals surface area contributed by atoms with E-state index >= 15 is 0 Å². The molecule has 0 amide bonds.